The van der Waals surface area contributed by atoms with Crippen molar-refractivity contribution in [3.05, 3.63) is 85.2 Å². The van der Waals surface area contributed by atoms with E-state index in [2.05, 4.69) is 69.4 Å². The molecule has 2 fully saturated rings. The molecule has 3 heterocycles. The van der Waals surface area contributed by atoms with E-state index in [-0.39, 0.29) is 0 Å². The Morgan fingerprint density at radius 1 is 0.743 bits per heavy atom. The van der Waals surface area contributed by atoms with Crippen LogP contribution in [0.4, 0.5) is 11.8 Å². The first-order valence-electron chi connectivity index (χ1n) is 12.4. The zero-order chi connectivity index (χ0) is 23.5. The van der Waals surface area contributed by atoms with E-state index in [1.165, 1.54) is 12.8 Å². The number of piperazine rings is 1. The van der Waals surface area contributed by atoms with Crippen LogP contribution in [0.5, 0.6) is 5.75 Å². The number of pyridine rings is 1. The molecule has 35 heavy (non-hydrogen) atoms. The van der Waals surface area contributed by atoms with Crippen molar-refractivity contribution in [2.75, 3.05) is 42.6 Å². The van der Waals surface area contributed by atoms with Gasteiger partial charge in [-0.2, -0.15) is 0 Å². The van der Waals surface area contributed by atoms with Gasteiger partial charge in [0.25, 0.3) is 0 Å². The molecule has 0 bridgehead atoms. The van der Waals surface area contributed by atoms with Crippen LogP contribution >= 0.6 is 0 Å². The first-order chi connectivity index (χ1) is 17.3. The minimum atomic E-state index is 0.738. The fourth-order valence-electron chi connectivity index (χ4n) is 4.46. The van der Waals surface area contributed by atoms with Crippen molar-refractivity contribution in [1.82, 2.24) is 15.0 Å². The quantitative estimate of drug-likeness (QED) is 0.370. The summed E-state index contributed by atoms with van der Waals surface area (Å²) in [5.74, 6) is 3.45. The number of hydrogen-bond acceptors (Lipinski definition) is 6. The third-order valence-corrected chi connectivity index (χ3v) is 6.71. The lowest BCUT2D eigenvalue weighted by Crippen LogP contribution is -2.47. The maximum absolute atomic E-state index is 5.95. The van der Waals surface area contributed by atoms with E-state index in [0.29, 0.717) is 0 Å². The molecule has 1 saturated carbocycles. The lowest BCUT2D eigenvalue weighted by Gasteiger charge is -2.35. The van der Waals surface area contributed by atoms with Gasteiger partial charge in [0.2, 0.25) is 5.95 Å². The van der Waals surface area contributed by atoms with Crippen molar-refractivity contribution in [3.63, 3.8) is 0 Å². The fourth-order valence-corrected chi connectivity index (χ4v) is 4.46. The van der Waals surface area contributed by atoms with Gasteiger partial charge >= 0.3 is 0 Å². The molecule has 6 rings (SSSR count). The third-order valence-electron chi connectivity index (χ3n) is 6.71. The summed E-state index contributed by atoms with van der Waals surface area (Å²) < 4.78 is 5.95. The highest BCUT2D eigenvalue weighted by Gasteiger charge is 2.23. The molecule has 0 unspecified atom stereocenters. The Morgan fingerprint density at radius 3 is 2.20 bits per heavy atom. The highest BCUT2D eigenvalue weighted by molar-refractivity contribution is 5.81. The second-order valence-corrected chi connectivity index (χ2v) is 9.24. The summed E-state index contributed by atoms with van der Waals surface area (Å²) in [5.41, 5.74) is 4.16. The van der Waals surface area contributed by atoms with Gasteiger partial charge in [0.1, 0.15) is 11.6 Å². The number of aromatic nitrogens is 3. The lowest BCUT2D eigenvalue weighted by atomic mass is 10.0. The number of hydrogen-bond donors (Lipinski definition) is 0. The molecule has 2 aliphatic rings. The van der Waals surface area contributed by atoms with E-state index in [4.69, 9.17) is 14.7 Å². The Morgan fingerprint density at radius 2 is 1.49 bits per heavy atom. The molecule has 6 nitrogen and oxygen atoms in total. The highest BCUT2D eigenvalue weighted by atomic mass is 16.5. The summed E-state index contributed by atoms with van der Waals surface area (Å²) in [6, 6.07) is 24.8. The number of benzene rings is 2. The zero-order valence-corrected chi connectivity index (χ0v) is 19.8. The van der Waals surface area contributed by atoms with Gasteiger partial charge < -0.3 is 14.5 Å². The zero-order valence-electron chi connectivity index (χ0n) is 19.8. The maximum Gasteiger partial charge on any atom is 0.226 e. The van der Waals surface area contributed by atoms with Crippen LogP contribution in [0, 0.1) is 5.92 Å². The van der Waals surface area contributed by atoms with Crippen LogP contribution in [0.2, 0.25) is 0 Å². The SMILES string of the molecule is c1ccc(-c2cnc(N3CCN(c4ccccn4)CC3)nc2-c2ccc(OCC3CC3)cc2)cc1. The Balaban J connectivity index is 1.26. The molecule has 0 radical (unpaired) electrons. The van der Waals surface area contributed by atoms with Crippen LogP contribution in [0.25, 0.3) is 22.4 Å². The standard InChI is InChI=1S/C29H29N5O/c1-2-6-23(7-3-1)26-20-31-29(34-18-16-33(17-19-34)27-8-4-5-15-30-27)32-28(26)24-11-13-25(14-12-24)35-21-22-9-10-22/h1-8,11-15,20,22H,9-10,16-19,21H2. The van der Waals surface area contributed by atoms with Gasteiger partial charge in [0.15, 0.2) is 0 Å². The van der Waals surface area contributed by atoms with Crippen molar-refractivity contribution in [2.45, 2.75) is 12.8 Å². The molecule has 176 valence electrons. The Hall–Kier alpha value is -3.93. The molecule has 4 aromatic rings. The number of ether oxygens (including phenoxy) is 1. The summed E-state index contributed by atoms with van der Waals surface area (Å²) in [6.45, 7) is 4.31. The third kappa shape index (κ3) is 4.97. The minimum Gasteiger partial charge on any atom is -0.493 e. The van der Waals surface area contributed by atoms with E-state index >= 15 is 0 Å². The first-order valence-corrected chi connectivity index (χ1v) is 12.4. The Bertz CT molecular complexity index is 1250. The maximum atomic E-state index is 5.95. The summed E-state index contributed by atoms with van der Waals surface area (Å²) in [4.78, 5) is 19.0. The molecule has 1 aliphatic carbocycles. The average Bonchev–Trinajstić information content (AvgIpc) is 3.78. The Kier molecular flexibility index (Phi) is 6.01. The van der Waals surface area contributed by atoms with Crippen molar-refractivity contribution < 1.29 is 4.74 Å². The number of nitrogens with zero attached hydrogens (tertiary/aromatic N) is 5. The van der Waals surface area contributed by atoms with E-state index in [1.807, 2.05) is 30.6 Å². The van der Waals surface area contributed by atoms with Gasteiger partial charge in [0.05, 0.1) is 12.3 Å². The van der Waals surface area contributed by atoms with E-state index in [9.17, 15) is 0 Å². The van der Waals surface area contributed by atoms with Crippen molar-refractivity contribution in [1.29, 1.82) is 0 Å². The van der Waals surface area contributed by atoms with Gasteiger partial charge in [-0.05, 0) is 60.7 Å². The van der Waals surface area contributed by atoms with Crippen LogP contribution in [0.1, 0.15) is 12.8 Å². The van der Waals surface area contributed by atoms with Crippen molar-refractivity contribution >= 4 is 11.8 Å². The number of anilines is 2. The van der Waals surface area contributed by atoms with Gasteiger partial charge in [-0.1, -0.05) is 36.4 Å². The molecule has 1 aliphatic heterocycles. The predicted molar refractivity (Wildman–Crippen MR) is 140 cm³/mol. The molecule has 0 amide bonds. The molecule has 2 aromatic heterocycles. The van der Waals surface area contributed by atoms with Crippen LogP contribution in [-0.2, 0) is 0 Å². The van der Waals surface area contributed by atoms with Crippen LogP contribution in [-0.4, -0.2) is 47.7 Å². The van der Waals surface area contributed by atoms with Gasteiger partial charge in [-0.3, -0.25) is 0 Å². The monoisotopic (exact) mass is 463 g/mol. The highest BCUT2D eigenvalue weighted by Crippen LogP contribution is 2.33. The largest absolute Gasteiger partial charge is 0.493 e. The molecule has 1 saturated heterocycles. The van der Waals surface area contributed by atoms with Crippen molar-refractivity contribution in [3.8, 4) is 28.1 Å². The fraction of sp³-hybridized carbons (Fsp3) is 0.276. The number of rotatable bonds is 7. The minimum absolute atomic E-state index is 0.738. The smallest absolute Gasteiger partial charge is 0.226 e. The molecule has 6 heteroatoms. The molecular formula is C29H29N5O. The van der Waals surface area contributed by atoms with Crippen LogP contribution < -0.4 is 14.5 Å². The summed E-state index contributed by atoms with van der Waals surface area (Å²) in [7, 11) is 0. The van der Waals surface area contributed by atoms with E-state index in [1.54, 1.807) is 0 Å². The second-order valence-electron chi connectivity index (χ2n) is 9.24. The van der Waals surface area contributed by atoms with E-state index < -0.39 is 0 Å². The van der Waals surface area contributed by atoms with Gasteiger partial charge in [0, 0.05) is 49.7 Å². The molecule has 0 atom stereocenters. The first kappa shape index (κ1) is 21.6. The average molecular weight is 464 g/mol. The van der Waals surface area contributed by atoms with Crippen LogP contribution in [0.15, 0.2) is 85.2 Å². The van der Waals surface area contributed by atoms with Crippen LogP contribution in [0.3, 0.4) is 0 Å². The molecular weight excluding hydrogens is 434 g/mol. The van der Waals surface area contributed by atoms with Crippen molar-refractivity contribution in [2.24, 2.45) is 5.92 Å². The normalized spacial score (nSPS) is 15.8. The molecule has 0 spiro atoms. The molecule has 0 N–H and O–H groups in total. The van der Waals surface area contributed by atoms with Gasteiger partial charge in [-0.15, -0.1) is 0 Å². The lowest BCUT2D eigenvalue weighted by molar-refractivity contribution is 0.300. The summed E-state index contributed by atoms with van der Waals surface area (Å²) in [5, 5.41) is 0. The topological polar surface area (TPSA) is 54.4 Å². The summed E-state index contributed by atoms with van der Waals surface area (Å²) in [6.07, 6.45) is 6.40. The predicted octanol–water partition coefficient (Wildman–Crippen LogP) is 5.32. The second kappa shape index (κ2) is 9.74. The summed E-state index contributed by atoms with van der Waals surface area (Å²) >= 11 is 0. The van der Waals surface area contributed by atoms with Gasteiger partial charge in [-0.25, -0.2) is 15.0 Å². The van der Waals surface area contributed by atoms with E-state index in [0.717, 1.165) is 78.6 Å². The molecule has 2 aromatic carbocycles. The Labute approximate surface area is 206 Å².